The third-order valence-electron chi connectivity index (χ3n) is 4.60. The molecule has 0 aliphatic heterocycles. The van der Waals surface area contributed by atoms with E-state index < -0.39 is 0 Å². The predicted octanol–water partition coefficient (Wildman–Crippen LogP) is 5.06. The molecule has 0 radical (unpaired) electrons. The zero-order chi connectivity index (χ0) is 21.8. The molecule has 1 amide bonds. The smallest absolute Gasteiger partial charge is 0.256 e. The molecule has 0 saturated carbocycles. The van der Waals surface area contributed by atoms with Crippen molar-refractivity contribution in [1.82, 2.24) is 15.0 Å². The van der Waals surface area contributed by atoms with Gasteiger partial charge in [0, 0.05) is 23.4 Å². The first-order valence-electron chi connectivity index (χ1n) is 9.39. The second-order valence-electron chi connectivity index (χ2n) is 6.60. The van der Waals surface area contributed by atoms with Gasteiger partial charge in [-0.3, -0.25) is 4.79 Å². The molecule has 0 aliphatic rings. The summed E-state index contributed by atoms with van der Waals surface area (Å²) in [6.07, 6.45) is 1.75. The molecule has 0 atom stereocenters. The lowest BCUT2D eigenvalue weighted by Crippen LogP contribution is -2.12. The van der Waals surface area contributed by atoms with Crippen LogP contribution in [0.5, 0.6) is 11.8 Å². The van der Waals surface area contributed by atoms with Crippen LogP contribution in [0, 0.1) is 0 Å². The van der Waals surface area contributed by atoms with Crippen molar-refractivity contribution in [1.29, 1.82) is 0 Å². The number of hydrogen-bond donors (Lipinski definition) is 2. The topological polar surface area (TPSA) is 89.1 Å². The third-order valence-corrected chi connectivity index (χ3v) is 4.93. The number of pyridine rings is 1. The number of carbonyl (C=O) groups is 1. The Hall–Kier alpha value is -3.84. The van der Waals surface area contributed by atoms with E-state index in [1.54, 1.807) is 24.4 Å². The minimum Gasteiger partial charge on any atom is -0.481 e. The number of nitrogens with one attached hydrogen (secondary N) is 2. The highest BCUT2D eigenvalue weighted by Gasteiger charge is 2.14. The Labute approximate surface area is 184 Å². The maximum absolute atomic E-state index is 12.8. The fraction of sp³-hybridized carbons (Fsp3) is 0.0870. The van der Waals surface area contributed by atoms with Gasteiger partial charge >= 0.3 is 0 Å². The monoisotopic (exact) mass is 434 g/mol. The number of H-pyrrole nitrogens is 1. The largest absolute Gasteiger partial charge is 0.481 e. The molecular weight excluding hydrogens is 416 g/mol. The number of anilines is 1. The van der Waals surface area contributed by atoms with Gasteiger partial charge in [0.25, 0.3) is 5.91 Å². The lowest BCUT2D eigenvalue weighted by molar-refractivity contribution is 0.102. The molecule has 8 heteroatoms. The quantitative estimate of drug-likeness (QED) is 0.442. The maximum atomic E-state index is 12.8. The summed E-state index contributed by atoms with van der Waals surface area (Å²) in [6, 6.07) is 18.1. The number of halogens is 1. The van der Waals surface area contributed by atoms with Gasteiger partial charge in [0.1, 0.15) is 5.82 Å². The molecular formula is C23H19ClN4O3. The van der Waals surface area contributed by atoms with Crippen molar-refractivity contribution in [3.8, 4) is 34.4 Å². The molecule has 2 aromatic carbocycles. The van der Waals surface area contributed by atoms with E-state index in [2.05, 4.69) is 20.3 Å². The normalized spacial score (nSPS) is 10.5. The number of methoxy groups -OCH3 is 2. The lowest BCUT2D eigenvalue weighted by Gasteiger charge is -2.10. The van der Waals surface area contributed by atoms with E-state index in [1.807, 2.05) is 30.3 Å². The number of ether oxygens (including phenoxy) is 2. The van der Waals surface area contributed by atoms with Crippen LogP contribution in [0.3, 0.4) is 0 Å². The van der Waals surface area contributed by atoms with E-state index in [-0.39, 0.29) is 17.7 Å². The molecule has 0 unspecified atom stereocenters. The zero-order valence-corrected chi connectivity index (χ0v) is 17.6. The molecule has 0 aliphatic carbocycles. The Morgan fingerprint density at radius 3 is 2.39 bits per heavy atom. The number of amides is 1. The first kappa shape index (κ1) is 20.4. The van der Waals surface area contributed by atoms with E-state index in [1.165, 1.54) is 26.4 Å². The molecule has 0 saturated heterocycles. The first-order chi connectivity index (χ1) is 15.1. The fourth-order valence-corrected chi connectivity index (χ4v) is 3.24. The van der Waals surface area contributed by atoms with Crippen LogP contribution in [-0.4, -0.2) is 35.1 Å². The van der Waals surface area contributed by atoms with Crippen molar-refractivity contribution >= 4 is 23.2 Å². The second-order valence-corrected chi connectivity index (χ2v) is 7.01. The molecule has 0 bridgehead atoms. The van der Waals surface area contributed by atoms with E-state index >= 15 is 0 Å². The number of rotatable bonds is 6. The molecule has 2 N–H and O–H groups in total. The van der Waals surface area contributed by atoms with Crippen LogP contribution in [-0.2, 0) is 0 Å². The van der Waals surface area contributed by atoms with Crippen LogP contribution in [0.15, 0.2) is 66.9 Å². The predicted molar refractivity (Wildman–Crippen MR) is 120 cm³/mol. The van der Waals surface area contributed by atoms with Crippen molar-refractivity contribution in [3.63, 3.8) is 0 Å². The average molecular weight is 435 g/mol. The lowest BCUT2D eigenvalue weighted by atomic mass is 10.1. The summed E-state index contributed by atoms with van der Waals surface area (Å²) < 4.78 is 10.3. The van der Waals surface area contributed by atoms with Crippen LogP contribution in [0.4, 0.5) is 5.69 Å². The Morgan fingerprint density at radius 2 is 1.71 bits per heavy atom. The molecule has 2 aromatic heterocycles. The summed E-state index contributed by atoms with van der Waals surface area (Å²) in [5, 5.41) is 3.37. The molecule has 31 heavy (non-hydrogen) atoms. The van der Waals surface area contributed by atoms with Gasteiger partial charge in [-0.1, -0.05) is 41.9 Å². The first-order valence-corrected chi connectivity index (χ1v) is 9.77. The van der Waals surface area contributed by atoms with Crippen molar-refractivity contribution in [2.45, 2.75) is 0 Å². The Morgan fingerprint density at radius 1 is 1.00 bits per heavy atom. The number of aromatic nitrogens is 3. The fourth-order valence-electron chi connectivity index (χ4n) is 3.03. The van der Waals surface area contributed by atoms with Crippen LogP contribution < -0.4 is 14.8 Å². The summed E-state index contributed by atoms with van der Waals surface area (Å²) in [6.45, 7) is 0. The van der Waals surface area contributed by atoms with Gasteiger partial charge in [0.2, 0.25) is 11.8 Å². The van der Waals surface area contributed by atoms with Gasteiger partial charge in [-0.05, 0) is 23.8 Å². The van der Waals surface area contributed by atoms with Crippen LogP contribution >= 0.6 is 11.6 Å². The van der Waals surface area contributed by atoms with Crippen LogP contribution in [0.25, 0.3) is 22.6 Å². The van der Waals surface area contributed by atoms with Crippen LogP contribution in [0.1, 0.15) is 10.4 Å². The highest BCUT2D eigenvalue weighted by molar-refractivity contribution is 6.33. The standard InChI is InChI=1S/C23H19ClN4O3/c1-30-20-10-15(11-21(28-20)31-2)23(29)26-16-8-9-18(24)17(12-16)22-25-13-19(27-22)14-6-4-3-5-7-14/h3-13H,1-2H3,(H,25,27)(H,26,29). The molecule has 0 spiro atoms. The third kappa shape index (κ3) is 4.51. The number of nitrogens with zero attached hydrogens (tertiary/aromatic N) is 2. The molecule has 0 fully saturated rings. The van der Waals surface area contributed by atoms with Crippen molar-refractivity contribution < 1.29 is 14.3 Å². The number of carbonyl (C=O) groups excluding carboxylic acids is 1. The van der Waals surface area contributed by atoms with Gasteiger partial charge in [-0.15, -0.1) is 0 Å². The second kappa shape index (κ2) is 8.89. The Bertz CT molecular complexity index is 1200. The van der Waals surface area contributed by atoms with Crippen molar-refractivity contribution in [3.05, 3.63) is 77.4 Å². The van der Waals surface area contributed by atoms with E-state index in [9.17, 15) is 4.79 Å². The number of benzene rings is 2. The van der Waals surface area contributed by atoms with Gasteiger partial charge in [0.05, 0.1) is 36.7 Å². The highest BCUT2D eigenvalue weighted by atomic mass is 35.5. The van der Waals surface area contributed by atoms with Crippen LogP contribution in [0.2, 0.25) is 5.02 Å². The Balaban J connectivity index is 1.60. The number of aromatic amines is 1. The van der Waals surface area contributed by atoms with Crippen molar-refractivity contribution in [2.24, 2.45) is 0 Å². The average Bonchev–Trinajstić information content (AvgIpc) is 3.30. The van der Waals surface area contributed by atoms with Gasteiger partial charge in [-0.2, -0.15) is 4.98 Å². The minimum atomic E-state index is -0.336. The van der Waals surface area contributed by atoms with Gasteiger partial charge in [-0.25, -0.2) is 4.98 Å². The minimum absolute atomic E-state index is 0.283. The summed E-state index contributed by atoms with van der Waals surface area (Å²) in [5.74, 6) is 0.833. The van der Waals surface area contributed by atoms with E-state index in [4.69, 9.17) is 21.1 Å². The SMILES string of the molecule is COc1cc(C(=O)Nc2ccc(Cl)c(-c3ncc(-c4ccccc4)[nH]3)c2)cc(OC)n1. The molecule has 156 valence electrons. The molecule has 7 nitrogen and oxygen atoms in total. The summed E-state index contributed by atoms with van der Waals surface area (Å²) in [4.78, 5) is 24.6. The van der Waals surface area contributed by atoms with Gasteiger partial charge in [0.15, 0.2) is 0 Å². The number of imidazole rings is 1. The van der Waals surface area contributed by atoms with Gasteiger partial charge < -0.3 is 19.8 Å². The molecule has 4 aromatic rings. The number of hydrogen-bond acceptors (Lipinski definition) is 5. The Kier molecular flexibility index (Phi) is 5.86. The highest BCUT2D eigenvalue weighted by Crippen LogP contribution is 2.30. The zero-order valence-electron chi connectivity index (χ0n) is 16.8. The summed E-state index contributed by atoms with van der Waals surface area (Å²) in [7, 11) is 2.95. The molecule has 4 rings (SSSR count). The summed E-state index contributed by atoms with van der Waals surface area (Å²) in [5.41, 5.74) is 3.48. The van der Waals surface area contributed by atoms with E-state index in [0.29, 0.717) is 27.7 Å². The molecule has 2 heterocycles. The van der Waals surface area contributed by atoms with Crippen molar-refractivity contribution in [2.75, 3.05) is 19.5 Å². The van der Waals surface area contributed by atoms with E-state index in [0.717, 1.165) is 11.3 Å². The maximum Gasteiger partial charge on any atom is 0.256 e. The summed E-state index contributed by atoms with van der Waals surface area (Å²) >= 11 is 6.40.